The lowest BCUT2D eigenvalue weighted by Gasteiger charge is -2.12. The van der Waals surface area contributed by atoms with Crippen LogP contribution >= 0.6 is 11.3 Å². The number of nitrogens with one attached hydrogen (secondary N) is 3. The molecule has 134 valence electrons. The largest absolute Gasteiger partial charge is 0.383 e. The third-order valence-corrected chi connectivity index (χ3v) is 4.11. The van der Waals surface area contributed by atoms with Gasteiger partial charge in [-0.1, -0.05) is 0 Å². The maximum atomic E-state index is 10.6. The SMILES string of the molecule is CCNC(=NCc1ncc(C)s1)NCCNc1ccc([N+](=O)[O-])cc1. The first-order valence-electron chi connectivity index (χ1n) is 8.00. The zero-order chi connectivity index (χ0) is 18.1. The second-order valence-corrected chi connectivity index (χ2v) is 6.54. The average molecular weight is 362 g/mol. The molecule has 25 heavy (non-hydrogen) atoms. The van der Waals surface area contributed by atoms with Crippen molar-refractivity contribution >= 4 is 28.7 Å². The molecule has 0 bridgehead atoms. The number of aryl methyl sites for hydroxylation is 1. The van der Waals surface area contributed by atoms with Crippen LogP contribution in [0.1, 0.15) is 16.8 Å². The zero-order valence-corrected chi connectivity index (χ0v) is 15.1. The van der Waals surface area contributed by atoms with Crippen LogP contribution in [0, 0.1) is 17.0 Å². The fourth-order valence-corrected chi connectivity index (χ4v) is 2.76. The molecule has 0 aliphatic rings. The number of thiazole rings is 1. The van der Waals surface area contributed by atoms with E-state index in [9.17, 15) is 10.1 Å². The Balaban J connectivity index is 1.77. The van der Waals surface area contributed by atoms with Crippen molar-refractivity contribution in [2.24, 2.45) is 4.99 Å². The van der Waals surface area contributed by atoms with Gasteiger partial charge in [-0.15, -0.1) is 11.3 Å². The van der Waals surface area contributed by atoms with Crippen LogP contribution in [-0.2, 0) is 6.54 Å². The second kappa shape index (κ2) is 9.58. The van der Waals surface area contributed by atoms with E-state index in [2.05, 4.69) is 25.9 Å². The fourth-order valence-electron chi connectivity index (χ4n) is 2.05. The Hall–Kier alpha value is -2.68. The highest BCUT2D eigenvalue weighted by atomic mass is 32.1. The summed E-state index contributed by atoms with van der Waals surface area (Å²) in [5, 5.41) is 21.3. The molecule has 0 saturated carbocycles. The number of non-ortho nitro benzene ring substituents is 1. The van der Waals surface area contributed by atoms with Crippen molar-refractivity contribution in [3.05, 3.63) is 50.5 Å². The number of benzene rings is 1. The van der Waals surface area contributed by atoms with Crippen molar-refractivity contribution in [1.29, 1.82) is 0 Å². The van der Waals surface area contributed by atoms with Crippen molar-refractivity contribution < 1.29 is 4.92 Å². The minimum absolute atomic E-state index is 0.0858. The third-order valence-electron chi connectivity index (χ3n) is 3.21. The van der Waals surface area contributed by atoms with Gasteiger partial charge in [-0.2, -0.15) is 0 Å². The van der Waals surface area contributed by atoms with Crippen LogP contribution in [0.25, 0.3) is 0 Å². The Labute approximate surface area is 150 Å². The average Bonchev–Trinajstić information content (AvgIpc) is 3.02. The molecular weight excluding hydrogens is 340 g/mol. The van der Waals surface area contributed by atoms with Crippen molar-refractivity contribution in [3.8, 4) is 0 Å². The van der Waals surface area contributed by atoms with E-state index in [1.54, 1.807) is 23.5 Å². The highest BCUT2D eigenvalue weighted by Gasteiger charge is 2.04. The fraction of sp³-hybridized carbons (Fsp3) is 0.375. The number of aromatic nitrogens is 1. The van der Waals surface area contributed by atoms with E-state index in [1.807, 2.05) is 20.0 Å². The van der Waals surface area contributed by atoms with Crippen LogP contribution < -0.4 is 16.0 Å². The summed E-state index contributed by atoms with van der Waals surface area (Å²) in [6.07, 6.45) is 1.85. The molecule has 0 aliphatic carbocycles. The first-order valence-corrected chi connectivity index (χ1v) is 8.82. The molecule has 0 amide bonds. The lowest BCUT2D eigenvalue weighted by Crippen LogP contribution is -2.39. The summed E-state index contributed by atoms with van der Waals surface area (Å²) in [6.45, 7) is 6.69. The Kier molecular flexibility index (Phi) is 7.15. The van der Waals surface area contributed by atoms with Gasteiger partial charge in [0, 0.05) is 48.5 Å². The summed E-state index contributed by atoms with van der Waals surface area (Å²) in [5.41, 5.74) is 0.926. The molecular formula is C16H22N6O2S. The van der Waals surface area contributed by atoms with Gasteiger partial charge in [0.1, 0.15) is 5.01 Å². The minimum Gasteiger partial charge on any atom is -0.383 e. The summed E-state index contributed by atoms with van der Waals surface area (Å²) >= 11 is 1.64. The molecule has 0 spiro atoms. The van der Waals surface area contributed by atoms with Crippen LogP contribution in [-0.4, -0.2) is 35.5 Å². The molecule has 2 aromatic rings. The number of hydrogen-bond donors (Lipinski definition) is 3. The van der Waals surface area contributed by atoms with E-state index < -0.39 is 4.92 Å². The standard InChI is InChI=1S/C16H22N6O2S/c1-3-17-16(21-11-15-20-10-12(2)25-15)19-9-8-18-13-4-6-14(7-5-13)22(23)24/h4-7,10,18H,3,8-9,11H2,1-2H3,(H2,17,19,21). The van der Waals surface area contributed by atoms with E-state index in [4.69, 9.17) is 0 Å². The van der Waals surface area contributed by atoms with Gasteiger partial charge >= 0.3 is 0 Å². The molecule has 3 N–H and O–H groups in total. The highest BCUT2D eigenvalue weighted by Crippen LogP contribution is 2.15. The highest BCUT2D eigenvalue weighted by molar-refractivity contribution is 7.11. The van der Waals surface area contributed by atoms with E-state index in [1.165, 1.54) is 17.0 Å². The predicted molar refractivity (Wildman–Crippen MR) is 101 cm³/mol. The van der Waals surface area contributed by atoms with Crippen LogP contribution in [0.15, 0.2) is 35.5 Å². The number of rotatable bonds is 8. The van der Waals surface area contributed by atoms with Crippen LogP contribution in [0.2, 0.25) is 0 Å². The molecule has 8 nitrogen and oxygen atoms in total. The first kappa shape index (κ1) is 18.7. The van der Waals surface area contributed by atoms with Crippen LogP contribution in [0.3, 0.4) is 0 Å². The van der Waals surface area contributed by atoms with E-state index in [0.717, 1.165) is 23.2 Å². The molecule has 0 unspecified atom stereocenters. The van der Waals surface area contributed by atoms with Gasteiger partial charge in [0.2, 0.25) is 0 Å². The van der Waals surface area contributed by atoms with Crippen molar-refractivity contribution in [2.45, 2.75) is 20.4 Å². The molecule has 1 heterocycles. The number of nitro groups is 1. The lowest BCUT2D eigenvalue weighted by molar-refractivity contribution is -0.384. The number of aliphatic imine (C=N–C) groups is 1. The maximum Gasteiger partial charge on any atom is 0.269 e. The van der Waals surface area contributed by atoms with Gasteiger partial charge in [-0.25, -0.2) is 9.98 Å². The Morgan fingerprint density at radius 3 is 2.64 bits per heavy atom. The number of hydrogen-bond acceptors (Lipinski definition) is 6. The smallest absolute Gasteiger partial charge is 0.269 e. The number of nitro benzene ring substituents is 1. The molecule has 0 atom stereocenters. The molecule has 0 fully saturated rings. The maximum absolute atomic E-state index is 10.6. The first-order chi connectivity index (χ1) is 12.1. The van der Waals surface area contributed by atoms with Gasteiger partial charge in [-0.3, -0.25) is 10.1 Å². The topological polar surface area (TPSA) is 104 Å². The Morgan fingerprint density at radius 1 is 1.28 bits per heavy atom. The normalized spacial score (nSPS) is 11.2. The summed E-state index contributed by atoms with van der Waals surface area (Å²) < 4.78 is 0. The molecule has 0 radical (unpaired) electrons. The number of guanidine groups is 1. The number of anilines is 1. The van der Waals surface area contributed by atoms with Crippen molar-refractivity contribution in [3.63, 3.8) is 0 Å². The third kappa shape index (κ3) is 6.38. The molecule has 0 aliphatic heterocycles. The molecule has 1 aromatic carbocycles. The molecule has 1 aromatic heterocycles. The summed E-state index contributed by atoms with van der Waals surface area (Å²) in [5.74, 6) is 0.737. The minimum atomic E-state index is -0.408. The van der Waals surface area contributed by atoms with Gasteiger partial charge in [0.25, 0.3) is 5.69 Å². The van der Waals surface area contributed by atoms with Gasteiger partial charge in [-0.05, 0) is 26.0 Å². The van der Waals surface area contributed by atoms with Crippen LogP contribution in [0.5, 0.6) is 0 Å². The van der Waals surface area contributed by atoms with Gasteiger partial charge in [0.05, 0.1) is 11.5 Å². The van der Waals surface area contributed by atoms with Gasteiger partial charge in [0.15, 0.2) is 5.96 Å². The van der Waals surface area contributed by atoms with Crippen LogP contribution in [0.4, 0.5) is 11.4 Å². The Bertz CT molecular complexity index is 714. The second-order valence-electron chi connectivity index (χ2n) is 5.22. The summed E-state index contributed by atoms with van der Waals surface area (Å²) in [7, 11) is 0. The molecule has 2 rings (SSSR count). The van der Waals surface area contributed by atoms with Crippen molar-refractivity contribution in [2.75, 3.05) is 25.0 Å². The van der Waals surface area contributed by atoms with E-state index in [-0.39, 0.29) is 5.69 Å². The summed E-state index contributed by atoms with van der Waals surface area (Å²) in [6, 6.07) is 6.36. The predicted octanol–water partition coefficient (Wildman–Crippen LogP) is 2.53. The number of nitrogens with zero attached hydrogens (tertiary/aromatic N) is 3. The zero-order valence-electron chi connectivity index (χ0n) is 14.3. The summed E-state index contributed by atoms with van der Waals surface area (Å²) in [4.78, 5) is 20.2. The van der Waals surface area contributed by atoms with Crippen molar-refractivity contribution in [1.82, 2.24) is 15.6 Å². The molecule has 0 saturated heterocycles. The van der Waals surface area contributed by atoms with Gasteiger partial charge < -0.3 is 16.0 Å². The lowest BCUT2D eigenvalue weighted by atomic mass is 10.3. The Morgan fingerprint density at radius 2 is 2.04 bits per heavy atom. The molecule has 9 heteroatoms. The monoisotopic (exact) mass is 362 g/mol. The quantitative estimate of drug-likeness (QED) is 0.219. The van der Waals surface area contributed by atoms with E-state index in [0.29, 0.717) is 19.6 Å². The van der Waals surface area contributed by atoms with E-state index >= 15 is 0 Å².